The molecule has 1 heterocycles. The van der Waals surface area contributed by atoms with Crippen LogP contribution in [-0.2, 0) is 27.3 Å². The number of ether oxygens (including phenoxy) is 1. The topological polar surface area (TPSA) is 101 Å². The Bertz CT molecular complexity index is 792. The molecule has 25 heavy (non-hydrogen) atoms. The molecule has 0 spiro atoms. The van der Waals surface area contributed by atoms with Crippen molar-refractivity contribution < 1.29 is 14.3 Å². The highest BCUT2D eigenvalue weighted by molar-refractivity contribution is 8.00. The maximum Gasteiger partial charge on any atom is 0.311 e. The standard InChI is InChI=1S/C17H19N3O4S/c1-11(16(23)18-10-12-6-4-3-5-7-12)25-17-19-13(8-14(21)20-17)9-15(22)24-2/h3-8,11H,9-10H2,1-2H3,(H,18,23)(H,19,20,21)/t11-/m0/s1. The van der Waals surface area contributed by atoms with Gasteiger partial charge in [-0.2, -0.15) is 0 Å². The maximum atomic E-state index is 12.2. The van der Waals surface area contributed by atoms with Crippen molar-refractivity contribution in [3.63, 3.8) is 0 Å². The number of methoxy groups -OCH3 is 1. The summed E-state index contributed by atoms with van der Waals surface area (Å²) in [5, 5.41) is 2.66. The molecule has 2 N–H and O–H groups in total. The molecule has 8 heteroatoms. The first-order valence-corrected chi connectivity index (χ1v) is 8.51. The van der Waals surface area contributed by atoms with Gasteiger partial charge in [0.25, 0.3) is 5.56 Å². The van der Waals surface area contributed by atoms with E-state index >= 15 is 0 Å². The van der Waals surface area contributed by atoms with E-state index in [0.717, 1.165) is 17.3 Å². The zero-order valence-electron chi connectivity index (χ0n) is 13.9. The van der Waals surface area contributed by atoms with Crippen molar-refractivity contribution in [2.45, 2.75) is 30.3 Å². The zero-order chi connectivity index (χ0) is 18.2. The lowest BCUT2D eigenvalue weighted by molar-refractivity contribution is -0.139. The number of carbonyl (C=O) groups excluding carboxylic acids is 2. The summed E-state index contributed by atoms with van der Waals surface area (Å²) in [5.74, 6) is -0.655. The molecule has 2 rings (SSSR count). The van der Waals surface area contributed by atoms with E-state index in [1.54, 1.807) is 6.92 Å². The molecule has 2 aromatic rings. The highest BCUT2D eigenvalue weighted by atomic mass is 32.2. The SMILES string of the molecule is COC(=O)Cc1cc(=O)[nH]c(S[C@@H](C)C(=O)NCc2ccccc2)n1. The molecule has 1 aromatic heterocycles. The molecular formula is C17H19N3O4S. The number of aromatic amines is 1. The van der Waals surface area contributed by atoms with Crippen LogP contribution in [0.4, 0.5) is 0 Å². The van der Waals surface area contributed by atoms with Gasteiger partial charge >= 0.3 is 5.97 Å². The third-order valence-electron chi connectivity index (χ3n) is 3.29. The van der Waals surface area contributed by atoms with Crippen molar-refractivity contribution in [2.75, 3.05) is 7.11 Å². The van der Waals surface area contributed by atoms with Crippen LogP contribution in [0.3, 0.4) is 0 Å². The molecule has 0 radical (unpaired) electrons. The van der Waals surface area contributed by atoms with Gasteiger partial charge in [0.1, 0.15) is 0 Å². The third kappa shape index (κ3) is 6.07. The number of amides is 1. The van der Waals surface area contributed by atoms with Crippen LogP contribution < -0.4 is 10.9 Å². The van der Waals surface area contributed by atoms with Crippen molar-refractivity contribution in [3.05, 3.63) is 58.0 Å². The second-order valence-corrected chi connectivity index (χ2v) is 6.59. The van der Waals surface area contributed by atoms with Gasteiger partial charge in [0.05, 0.1) is 24.5 Å². The lowest BCUT2D eigenvalue weighted by Crippen LogP contribution is -2.30. The Morgan fingerprint density at radius 3 is 2.72 bits per heavy atom. The Kier molecular flexibility index (Phi) is 6.76. The van der Waals surface area contributed by atoms with E-state index in [0.29, 0.717) is 12.2 Å². The molecular weight excluding hydrogens is 342 g/mol. The number of esters is 1. The van der Waals surface area contributed by atoms with Crippen LogP contribution in [-0.4, -0.2) is 34.2 Å². The Labute approximate surface area is 149 Å². The van der Waals surface area contributed by atoms with E-state index in [2.05, 4.69) is 20.0 Å². The molecule has 0 unspecified atom stereocenters. The molecule has 1 aromatic carbocycles. The normalized spacial score (nSPS) is 11.6. The smallest absolute Gasteiger partial charge is 0.311 e. The minimum Gasteiger partial charge on any atom is -0.469 e. The molecule has 1 atom stereocenters. The van der Waals surface area contributed by atoms with Crippen LogP contribution in [0.25, 0.3) is 0 Å². The lowest BCUT2D eigenvalue weighted by Gasteiger charge is -2.12. The number of benzene rings is 1. The van der Waals surface area contributed by atoms with E-state index < -0.39 is 11.2 Å². The number of carbonyl (C=O) groups is 2. The van der Waals surface area contributed by atoms with Gasteiger partial charge in [0.2, 0.25) is 5.91 Å². The number of hydrogen-bond donors (Lipinski definition) is 2. The summed E-state index contributed by atoms with van der Waals surface area (Å²) < 4.78 is 4.57. The minimum absolute atomic E-state index is 0.0947. The second kappa shape index (κ2) is 9.03. The van der Waals surface area contributed by atoms with Crippen LogP contribution in [0.5, 0.6) is 0 Å². The first kappa shape index (κ1) is 18.7. The van der Waals surface area contributed by atoms with Crippen molar-refractivity contribution in [1.82, 2.24) is 15.3 Å². The van der Waals surface area contributed by atoms with Gasteiger partial charge in [-0.1, -0.05) is 42.1 Å². The van der Waals surface area contributed by atoms with Crippen molar-refractivity contribution in [3.8, 4) is 0 Å². The van der Waals surface area contributed by atoms with Crippen LogP contribution in [0.2, 0.25) is 0 Å². The Morgan fingerprint density at radius 2 is 2.04 bits per heavy atom. The fraction of sp³-hybridized carbons (Fsp3) is 0.294. The Hall–Kier alpha value is -2.61. The first-order valence-electron chi connectivity index (χ1n) is 7.63. The van der Waals surface area contributed by atoms with E-state index in [4.69, 9.17) is 0 Å². The number of thioether (sulfide) groups is 1. The summed E-state index contributed by atoms with van der Waals surface area (Å²) in [6, 6.07) is 10.8. The lowest BCUT2D eigenvalue weighted by atomic mass is 10.2. The van der Waals surface area contributed by atoms with Crippen molar-refractivity contribution >= 4 is 23.6 Å². The molecule has 7 nitrogen and oxygen atoms in total. The maximum absolute atomic E-state index is 12.2. The van der Waals surface area contributed by atoms with Gasteiger partial charge in [-0.15, -0.1) is 0 Å². The highest BCUT2D eigenvalue weighted by Crippen LogP contribution is 2.18. The molecule has 0 aliphatic carbocycles. The van der Waals surface area contributed by atoms with E-state index in [1.165, 1.54) is 13.2 Å². The molecule has 0 saturated carbocycles. The fourth-order valence-corrected chi connectivity index (χ4v) is 2.85. The van der Waals surface area contributed by atoms with Crippen LogP contribution >= 0.6 is 11.8 Å². The number of aromatic nitrogens is 2. The molecule has 0 aliphatic heterocycles. The van der Waals surface area contributed by atoms with Gasteiger partial charge < -0.3 is 15.0 Å². The number of nitrogens with zero attached hydrogens (tertiary/aromatic N) is 1. The highest BCUT2D eigenvalue weighted by Gasteiger charge is 2.16. The molecule has 0 fully saturated rings. The van der Waals surface area contributed by atoms with Gasteiger partial charge in [-0.25, -0.2) is 4.98 Å². The van der Waals surface area contributed by atoms with Gasteiger partial charge in [0.15, 0.2) is 5.16 Å². The summed E-state index contributed by atoms with van der Waals surface area (Å²) in [5.41, 5.74) is 0.919. The molecule has 132 valence electrons. The second-order valence-electron chi connectivity index (χ2n) is 5.26. The Balaban J connectivity index is 1.97. The summed E-state index contributed by atoms with van der Waals surface area (Å²) in [4.78, 5) is 41.9. The quantitative estimate of drug-likeness (QED) is 0.438. The van der Waals surface area contributed by atoms with Crippen molar-refractivity contribution in [2.24, 2.45) is 0 Å². The summed E-state index contributed by atoms with van der Waals surface area (Å²) in [7, 11) is 1.27. The predicted molar refractivity (Wildman–Crippen MR) is 94.2 cm³/mol. The van der Waals surface area contributed by atoms with Gasteiger partial charge in [0, 0.05) is 12.6 Å². The molecule has 0 saturated heterocycles. The Morgan fingerprint density at radius 1 is 1.32 bits per heavy atom. The van der Waals surface area contributed by atoms with E-state index in [-0.39, 0.29) is 23.0 Å². The number of nitrogens with one attached hydrogen (secondary N) is 2. The average Bonchev–Trinajstić information content (AvgIpc) is 2.59. The van der Waals surface area contributed by atoms with E-state index in [1.807, 2.05) is 30.3 Å². The van der Waals surface area contributed by atoms with Crippen LogP contribution in [0.15, 0.2) is 46.3 Å². The van der Waals surface area contributed by atoms with Gasteiger partial charge in [-0.05, 0) is 12.5 Å². The number of H-pyrrole nitrogens is 1. The third-order valence-corrected chi connectivity index (χ3v) is 4.28. The van der Waals surface area contributed by atoms with Gasteiger partial charge in [-0.3, -0.25) is 14.4 Å². The zero-order valence-corrected chi connectivity index (χ0v) is 14.8. The summed E-state index contributed by atoms with van der Waals surface area (Å²) in [6.45, 7) is 2.15. The molecule has 0 bridgehead atoms. The molecule has 1 amide bonds. The van der Waals surface area contributed by atoms with Crippen molar-refractivity contribution in [1.29, 1.82) is 0 Å². The van der Waals surface area contributed by atoms with Crippen LogP contribution in [0, 0.1) is 0 Å². The van der Waals surface area contributed by atoms with E-state index in [9.17, 15) is 14.4 Å². The molecule has 0 aliphatic rings. The van der Waals surface area contributed by atoms with Crippen LogP contribution in [0.1, 0.15) is 18.2 Å². The average molecular weight is 361 g/mol. The summed E-state index contributed by atoms with van der Waals surface area (Å²) in [6.07, 6.45) is -0.0947. The minimum atomic E-state index is -0.484. The predicted octanol–water partition coefficient (Wildman–Crippen LogP) is 1.28. The number of hydrogen-bond acceptors (Lipinski definition) is 6. The fourth-order valence-electron chi connectivity index (χ4n) is 2.00. The monoisotopic (exact) mass is 361 g/mol. The number of rotatable bonds is 7. The first-order chi connectivity index (χ1) is 12.0. The summed E-state index contributed by atoms with van der Waals surface area (Å²) >= 11 is 1.12. The largest absolute Gasteiger partial charge is 0.469 e.